The molecule has 10 nitrogen and oxygen atoms in total. The molecule has 0 amide bonds. The quantitative estimate of drug-likeness (QED) is 0.220. The van der Waals surface area contributed by atoms with Gasteiger partial charge in [-0.2, -0.15) is 0 Å². The van der Waals surface area contributed by atoms with E-state index in [4.69, 9.17) is 10.3 Å². The summed E-state index contributed by atoms with van der Waals surface area (Å²) >= 11 is 1.24. The van der Waals surface area contributed by atoms with Crippen LogP contribution in [0.2, 0.25) is 0 Å². The van der Waals surface area contributed by atoms with Gasteiger partial charge in [0.2, 0.25) is 11.0 Å². The van der Waals surface area contributed by atoms with E-state index in [1.165, 1.54) is 34.8 Å². The Hall–Kier alpha value is -3.73. The lowest BCUT2D eigenvalue weighted by molar-refractivity contribution is -0.384. The first kappa shape index (κ1) is 18.6. The second kappa shape index (κ2) is 7.72. The number of furan rings is 1. The number of non-ortho nitro benzene ring substituents is 1. The number of nitrogens with two attached hydrogens (primary N) is 1. The third-order valence-corrected chi connectivity index (χ3v) is 4.94. The molecule has 4 aromatic rings. The maximum absolute atomic E-state index is 10.9. The van der Waals surface area contributed by atoms with Crippen LogP contribution >= 0.6 is 11.8 Å². The van der Waals surface area contributed by atoms with Gasteiger partial charge in [0, 0.05) is 23.4 Å². The van der Waals surface area contributed by atoms with Crippen molar-refractivity contribution in [1.82, 2.24) is 24.8 Å². The van der Waals surface area contributed by atoms with Crippen molar-refractivity contribution in [3.05, 3.63) is 64.5 Å². The summed E-state index contributed by atoms with van der Waals surface area (Å²) in [6.07, 6.45) is 2.23. The van der Waals surface area contributed by atoms with Crippen LogP contribution in [0.1, 0.15) is 12.6 Å². The number of rotatable bonds is 6. The van der Waals surface area contributed by atoms with Gasteiger partial charge in [-0.1, -0.05) is 6.92 Å². The number of nitrogen functional groups attached to an aromatic ring is 1. The van der Waals surface area contributed by atoms with Crippen LogP contribution in [0.3, 0.4) is 0 Å². The van der Waals surface area contributed by atoms with Gasteiger partial charge in [-0.25, -0.2) is 14.6 Å². The van der Waals surface area contributed by atoms with Gasteiger partial charge in [-0.3, -0.25) is 10.1 Å². The molecule has 1 aromatic carbocycles. The van der Waals surface area contributed by atoms with Crippen molar-refractivity contribution in [1.29, 1.82) is 0 Å². The van der Waals surface area contributed by atoms with Crippen molar-refractivity contribution in [2.24, 2.45) is 0 Å². The summed E-state index contributed by atoms with van der Waals surface area (Å²) in [7, 11) is 0. The number of hydrogen-bond acceptors (Lipinski definition) is 9. The average Bonchev–Trinajstić information content (AvgIpc) is 3.38. The third-order valence-electron chi connectivity index (χ3n) is 4.06. The molecule has 4 rings (SSSR count). The van der Waals surface area contributed by atoms with E-state index >= 15 is 0 Å². The molecule has 0 fully saturated rings. The number of hydrogen-bond donors (Lipinski definition) is 1. The first-order chi connectivity index (χ1) is 14.0. The van der Waals surface area contributed by atoms with Gasteiger partial charge in [0.15, 0.2) is 11.6 Å². The number of aromatic nitrogens is 5. The van der Waals surface area contributed by atoms with Gasteiger partial charge >= 0.3 is 0 Å². The Balaban J connectivity index is 1.66. The Morgan fingerprint density at radius 2 is 2.00 bits per heavy atom. The molecule has 0 aliphatic carbocycles. The minimum absolute atomic E-state index is 0.0108. The molecule has 2 N–H and O–H groups in total. The van der Waals surface area contributed by atoms with Crippen LogP contribution in [-0.2, 0) is 6.42 Å². The molecule has 0 aliphatic rings. The van der Waals surface area contributed by atoms with Crippen molar-refractivity contribution in [2.45, 2.75) is 23.5 Å². The van der Waals surface area contributed by atoms with Gasteiger partial charge in [0.25, 0.3) is 5.69 Å². The maximum atomic E-state index is 10.9. The van der Waals surface area contributed by atoms with Crippen LogP contribution < -0.4 is 5.84 Å². The molecule has 3 aromatic heterocycles. The summed E-state index contributed by atoms with van der Waals surface area (Å²) in [5.41, 5.74) is 1.51. The SMILES string of the molecule is CCc1cc(Sc2nnc(-c3ccco3)n2N)nc(-c2ccc([N+](=O)[O-])cc2)n1. The monoisotopic (exact) mass is 409 g/mol. The molecular formula is C18H15N7O3S. The zero-order valence-corrected chi connectivity index (χ0v) is 16.0. The highest BCUT2D eigenvalue weighted by Gasteiger charge is 2.17. The molecule has 0 saturated carbocycles. The summed E-state index contributed by atoms with van der Waals surface area (Å²) in [6.45, 7) is 1.98. The largest absolute Gasteiger partial charge is 0.461 e. The van der Waals surface area contributed by atoms with E-state index in [-0.39, 0.29) is 5.69 Å². The molecule has 146 valence electrons. The Labute approximate surface area is 168 Å². The molecule has 0 spiro atoms. The highest BCUT2D eigenvalue weighted by atomic mass is 32.2. The van der Waals surface area contributed by atoms with Crippen LogP contribution in [0.15, 0.2) is 63.3 Å². The van der Waals surface area contributed by atoms with Crippen molar-refractivity contribution >= 4 is 17.4 Å². The summed E-state index contributed by atoms with van der Waals surface area (Å²) < 4.78 is 6.65. The summed E-state index contributed by atoms with van der Waals surface area (Å²) in [5.74, 6) is 7.49. The van der Waals surface area contributed by atoms with E-state index in [2.05, 4.69) is 20.2 Å². The lowest BCUT2D eigenvalue weighted by Gasteiger charge is -2.07. The second-order valence-corrected chi connectivity index (χ2v) is 6.92. The second-order valence-electron chi connectivity index (χ2n) is 5.93. The van der Waals surface area contributed by atoms with E-state index in [0.29, 0.717) is 39.6 Å². The predicted molar refractivity (Wildman–Crippen MR) is 105 cm³/mol. The highest BCUT2D eigenvalue weighted by Crippen LogP contribution is 2.29. The summed E-state index contributed by atoms with van der Waals surface area (Å²) in [6, 6.07) is 11.4. The maximum Gasteiger partial charge on any atom is 0.269 e. The van der Waals surface area contributed by atoms with E-state index in [9.17, 15) is 10.1 Å². The number of nitro groups is 1. The van der Waals surface area contributed by atoms with Gasteiger partial charge in [-0.05, 0) is 48.5 Å². The number of nitro benzene ring substituents is 1. The Kier molecular flexibility index (Phi) is 4.96. The number of benzene rings is 1. The molecule has 0 atom stereocenters. The smallest absolute Gasteiger partial charge is 0.269 e. The minimum Gasteiger partial charge on any atom is -0.461 e. The van der Waals surface area contributed by atoms with Gasteiger partial charge in [0.1, 0.15) is 5.03 Å². The van der Waals surface area contributed by atoms with Gasteiger partial charge in [0.05, 0.1) is 11.2 Å². The zero-order valence-electron chi connectivity index (χ0n) is 15.2. The molecule has 11 heteroatoms. The fourth-order valence-electron chi connectivity index (χ4n) is 2.58. The van der Waals surface area contributed by atoms with E-state index < -0.39 is 4.92 Å². The third kappa shape index (κ3) is 3.80. The standard InChI is InChI=1S/C18H15N7O3S/c1-2-12-10-15(21-16(20-12)11-5-7-13(8-6-11)25(26)27)29-18-23-22-17(24(18)19)14-4-3-9-28-14/h3-10H,2,19H2,1H3. The molecule has 0 saturated heterocycles. The lowest BCUT2D eigenvalue weighted by Crippen LogP contribution is -2.11. The zero-order chi connectivity index (χ0) is 20.4. The normalized spacial score (nSPS) is 10.9. The van der Waals surface area contributed by atoms with Crippen molar-refractivity contribution in [3.63, 3.8) is 0 Å². The minimum atomic E-state index is -0.445. The highest BCUT2D eigenvalue weighted by molar-refractivity contribution is 7.99. The van der Waals surface area contributed by atoms with Crippen LogP contribution in [-0.4, -0.2) is 29.8 Å². The molecule has 0 bridgehead atoms. The number of nitrogens with zero attached hydrogens (tertiary/aromatic N) is 6. The Morgan fingerprint density at radius 3 is 2.66 bits per heavy atom. The first-order valence-corrected chi connectivity index (χ1v) is 9.42. The molecule has 29 heavy (non-hydrogen) atoms. The fraction of sp³-hybridized carbons (Fsp3) is 0.111. The lowest BCUT2D eigenvalue weighted by atomic mass is 10.2. The Bertz CT molecular complexity index is 1160. The molecular weight excluding hydrogens is 394 g/mol. The summed E-state index contributed by atoms with van der Waals surface area (Å²) in [5, 5.41) is 20.1. The van der Waals surface area contributed by atoms with Crippen molar-refractivity contribution in [3.8, 4) is 23.0 Å². The van der Waals surface area contributed by atoms with Crippen molar-refractivity contribution < 1.29 is 9.34 Å². The fourth-order valence-corrected chi connectivity index (χ4v) is 3.36. The van der Waals surface area contributed by atoms with Crippen LogP contribution in [0.5, 0.6) is 0 Å². The number of aryl methyl sites for hydroxylation is 1. The molecule has 0 aliphatic heterocycles. The van der Waals surface area contributed by atoms with Crippen LogP contribution in [0, 0.1) is 10.1 Å². The van der Waals surface area contributed by atoms with E-state index in [0.717, 1.165) is 5.69 Å². The van der Waals surface area contributed by atoms with Gasteiger partial charge in [-0.15, -0.1) is 10.2 Å². The molecule has 3 heterocycles. The van der Waals surface area contributed by atoms with E-state index in [1.807, 2.05) is 13.0 Å². The average molecular weight is 409 g/mol. The first-order valence-electron chi connectivity index (χ1n) is 8.60. The molecule has 0 radical (unpaired) electrons. The Morgan fingerprint density at radius 1 is 1.21 bits per heavy atom. The van der Waals surface area contributed by atoms with Crippen molar-refractivity contribution in [2.75, 3.05) is 5.84 Å². The predicted octanol–water partition coefficient (Wildman–Crippen LogP) is 3.33. The molecule has 0 unspecified atom stereocenters. The topological polar surface area (TPSA) is 139 Å². The van der Waals surface area contributed by atoms with E-state index in [1.54, 1.807) is 24.3 Å². The summed E-state index contributed by atoms with van der Waals surface area (Å²) in [4.78, 5) is 19.5. The van der Waals surface area contributed by atoms with Gasteiger partial charge < -0.3 is 10.3 Å². The van der Waals surface area contributed by atoms with Crippen LogP contribution in [0.4, 0.5) is 5.69 Å². The van der Waals surface area contributed by atoms with Crippen LogP contribution in [0.25, 0.3) is 23.0 Å².